The first kappa shape index (κ1) is 16.6. The van der Waals surface area contributed by atoms with Crippen molar-refractivity contribution in [2.75, 3.05) is 12.4 Å². The van der Waals surface area contributed by atoms with Crippen LogP contribution in [0.2, 0.25) is 0 Å². The number of hydrogen-bond acceptors (Lipinski definition) is 2. The standard InChI is InChI=1S/C17H14F3NO2/c1-23-15-8-5-12(6-9-15)7-10-16(22)21-14-4-2-3-13(11-14)17(18,19)20/h2-11H,1H3,(H,21,22). The maximum Gasteiger partial charge on any atom is 0.416 e. The number of benzene rings is 2. The summed E-state index contributed by atoms with van der Waals surface area (Å²) in [4.78, 5) is 11.8. The summed E-state index contributed by atoms with van der Waals surface area (Å²) < 4.78 is 42.8. The molecule has 0 atom stereocenters. The molecule has 23 heavy (non-hydrogen) atoms. The minimum Gasteiger partial charge on any atom is -0.497 e. The summed E-state index contributed by atoms with van der Waals surface area (Å²) in [5, 5.41) is 2.40. The van der Waals surface area contributed by atoms with Gasteiger partial charge in [-0.15, -0.1) is 0 Å². The lowest BCUT2D eigenvalue weighted by Gasteiger charge is -2.08. The SMILES string of the molecule is COc1ccc(C=CC(=O)Nc2cccc(C(F)(F)F)c2)cc1. The number of amides is 1. The second-order valence-corrected chi connectivity index (χ2v) is 4.67. The van der Waals surface area contributed by atoms with E-state index >= 15 is 0 Å². The van der Waals surface area contributed by atoms with Crippen LogP contribution in [0.1, 0.15) is 11.1 Å². The fraction of sp³-hybridized carbons (Fsp3) is 0.118. The first-order valence-corrected chi connectivity index (χ1v) is 6.69. The number of ether oxygens (including phenoxy) is 1. The van der Waals surface area contributed by atoms with E-state index in [0.717, 1.165) is 17.7 Å². The second-order valence-electron chi connectivity index (χ2n) is 4.67. The Labute approximate surface area is 131 Å². The molecule has 2 rings (SSSR count). The van der Waals surface area contributed by atoms with E-state index in [4.69, 9.17) is 4.74 Å². The van der Waals surface area contributed by atoms with Gasteiger partial charge in [0.2, 0.25) is 5.91 Å². The highest BCUT2D eigenvalue weighted by molar-refractivity contribution is 6.01. The van der Waals surface area contributed by atoms with Gasteiger partial charge in [0.05, 0.1) is 12.7 Å². The highest BCUT2D eigenvalue weighted by Gasteiger charge is 2.30. The van der Waals surface area contributed by atoms with Crippen molar-refractivity contribution in [3.05, 3.63) is 65.7 Å². The van der Waals surface area contributed by atoms with Crippen molar-refractivity contribution in [2.24, 2.45) is 0 Å². The van der Waals surface area contributed by atoms with E-state index in [-0.39, 0.29) is 5.69 Å². The van der Waals surface area contributed by atoms with E-state index < -0.39 is 17.6 Å². The second kappa shape index (κ2) is 7.00. The quantitative estimate of drug-likeness (QED) is 0.850. The monoisotopic (exact) mass is 321 g/mol. The lowest BCUT2D eigenvalue weighted by Crippen LogP contribution is -2.10. The number of alkyl halides is 3. The zero-order valence-electron chi connectivity index (χ0n) is 12.2. The molecule has 0 aliphatic heterocycles. The highest BCUT2D eigenvalue weighted by atomic mass is 19.4. The Hall–Kier alpha value is -2.76. The van der Waals surface area contributed by atoms with Crippen LogP contribution in [0.4, 0.5) is 18.9 Å². The number of carbonyl (C=O) groups is 1. The van der Waals surface area contributed by atoms with Crippen LogP contribution in [0.5, 0.6) is 5.75 Å². The van der Waals surface area contributed by atoms with E-state index in [1.807, 2.05) is 0 Å². The zero-order valence-corrected chi connectivity index (χ0v) is 12.2. The molecule has 0 aliphatic carbocycles. The van der Waals surface area contributed by atoms with Crippen molar-refractivity contribution in [2.45, 2.75) is 6.18 Å². The number of methoxy groups -OCH3 is 1. The maximum absolute atomic E-state index is 12.6. The summed E-state index contributed by atoms with van der Waals surface area (Å²) >= 11 is 0. The molecule has 0 aliphatic rings. The molecule has 3 nitrogen and oxygen atoms in total. The molecule has 0 fully saturated rings. The molecule has 0 heterocycles. The average molecular weight is 321 g/mol. The largest absolute Gasteiger partial charge is 0.497 e. The van der Waals surface area contributed by atoms with E-state index in [2.05, 4.69) is 5.32 Å². The van der Waals surface area contributed by atoms with Crippen molar-refractivity contribution in [3.63, 3.8) is 0 Å². The number of anilines is 1. The Balaban J connectivity index is 2.03. The van der Waals surface area contributed by atoms with Gasteiger partial charge in [-0.05, 0) is 42.0 Å². The third-order valence-electron chi connectivity index (χ3n) is 3.00. The Kier molecular flexibility index (Phi) is 5.05. The normalized spacial score (nSPS) is 11.5. The lowest BCUT2D eigenvalue weighted by atomic mass is 10.2. The molecule has 120 valence electrons. The van der Waals surface area contributed by atoms with Gasteiger partial charge in [-0.1, -0.05) is 18.2 Å². The third-order valence-corrected chi connectivity index (χ3v) is 3.00. The number of rotatable bonds is 4. The van der Waals surface area contributed by atoms with Gasteiger partial charge in [0.25, 0.3) is 0 Å². The van der Waals surface area contributed by atoms with Crippen molar-refractivity contribution < 1.29 is 22.7 Å². The van der Waals surface area contributed by atoms with Crippen LogP contribution in [0.15, 0.2) is 54.6 Å². The number of halogens is 3. The van der Waals surface area contributed by atoms with Crippen LogP contribution < -0.4 is 10.1 Å². The van der Waals surface area contributed by atoms with Crippen molar-refractivity contribution in [1.29, 1.82) is 0 Å². The topological polar surface area (TPSA) is 38.3 Å². The summed E-state index contributed by atoms with van der Waals surface area (Å²) in [6.45, 7) is 0. The van der Waals surface area contributed by atoms with Gasteiger partial charge in [-0.25, -0.2) is 0 Å². The van der Waals surface area contributed by atoms with Crippen LogP contribution in [0.3, 0.4) is 0 Å². The molecule has 0 spiro atoms. The Morgan fingerprint density at radius 2 is 1.83 bits per heavy atom. The van der Waals surface area contributed by atoms with Gasteiger partial charge in [0, 0.05) is 11.8 Å². The number of nitrogens with one attached hydrogen (secondary N) is 1. The molecular formula is C17H14F3NO2. The van der Waals surface area contributed by atoms with Crippen LogP contribution in [-0.2, 0) is 11.0 Å². The molecule has 2 aromatic carbocycles. The lowest BCUT2D eigenvalue weighted by molar-refractivity contribution is -0.137. The first-order valence-electron chi connectivity index (χ1n) is 6.69. The summed E-state index contributed by atoms with van der Waals surface area (Å²) in [6.07, 6.45) is -1.63. The predicted molar refractivity (Wildman–Crippen MR) is 82.1 cm³/mol. The molecule has 6 heteroatoms. The van der Waals surface area contributed by atoms with E-state index in [9.17, 15) is 18.0 Å². The maximum atomic E-state index is 12.6. The molecular weight excluding hydrogens is 307 g/mol. The summed E-state index contributed by atoms with van der Waals surface area (Å²) in [5.74, 6) is 0.177. The summed E-state index contributed by atoms with van der Waals surface area (Å²) in [7, 11) is 1.55. The number of hydrogen-bond donors (Lipinski definition) is 1. The average Bonchev–Trinajstić information content (AvgIpc) is 2.53. The molecule has 0 bridgehead atoms. The van der Waals surface area contributed by atoms with Crippen LogP contribution in [0.25, 0.3) is 6.08 Å². The predicted octanol–water partition coefficient (Wildman–Crippen LogP) is 4.37. The minimum absolute atomic E-state index is 0.0872. The molecule has 0 aromatic heterocycles. The van der Waals surface area contributed by atoms with Crippen LogP contribution in [-0.4, -0.2) is 13.0 Å². The van der Waals surface area contributed by atoms with Gasteiger partial charge in [-0.2, -0.15) is 13.2 Å². The van der Waals surface area contributed by atoms with Gasteiger partial charge in [0.15, 0.2) is 0 Å². The van der Waals surface area contributed by atoms with Crippen LogP contribution >= 0.6 is 0 Å². The summed E-state index contributed by atoms with van der Waals surface area (Å²) in [6, 6.07) is 11.5. The molecule has 0 saturated heterocycles. The highest BCUT2D eigenvalue weighted by Crippen LogP contribution is 2.30. The Bertz CT molecular complexity index is 707. The zero-order chi connectivity index (χ0) is 16.9. The van der Waals surface area contributed by atoms with E-state index in [0.29, 0.717) is 5.75 Å². The fourth-order valence-electron chi connectivity index (χ4n) is 1.84. The Morgan fingerprint density at radius 3 is 2.43 bits per heavy atom. The molecule has 2 aromatic rings. The third kappa shape index (κ3) is 4.88. The van der Waals surface area contributed by atoms with Crippen molar-refractivity contribution >= 4 is 17.7 Å². The first-order chi connectivity index (χ1) is 10.9. The molecule has 1 amide bonds. The molecule has 0 saturated carbocycles. The van der Waals surface area contributed by atoms with E-state index in [1.165, 1.54) is 18.2 Å². The van der Waals surface area contributed by atoms with Gasteiger partial charge >= 0.3 is 6.18 Å². The molecule has 1 N–H and O–H groups in total. The summed E-state index contributed by atoms with van der Waals surface area (Å²) in [5.41, 5.74) is 0.0450. The fourth-order valence-corrected chi connectivity index (χ4v) is 1.84. The number of carbonyl (C=O) groups excluding carboxylic acids is 1. The van der Waals surface area contributed by atoms with Gasteiger partial charge < -0.3 is 10.1 Å². The van der Waals surface area contributed by atoms with E-state index in [1.54, 1.807) is 37.5 Å². The smallest absolute Gasteiger partial charge is 0.416 e. The molecule has 0 unspecified atom stereocenters. The molecule has 0 radical (unpaired) electrons. The minimum atomic E-state index is -4.44. The van der Waals surface area contributed by atoms with Crippen LogP contribution in [0, 0.1) is 0 Å². The Morgan fingerprint density at radius 1 is 1.13 bits per heavy atom. The van der Waals surface area contributed by atoms with Gasteiger partial charge in [-0.3, -0.25) is 4.79 Å². The van der Waals surface area contributed by atoms with Crippen molar-refractivity contribution in [3.8, 4) is 5.75 Å². The van der Waals surface area contributed by atoms with Crippen molar-refractivity contribution in [1.82, 2.24) is 0 Å². The van der Waals surface area contributed by atoms with Gasteiger partial charge in [0.1, 0.15) is 5.75 Å².